The van der Waals surface area contributed by atoms with Gasteiger partial charge in [0.05, 0.1) is 0 Å². The van der Waals surface area contributed by atoms with E-state index < -0.39 is 0 Å². The number of nitrogens with zero attached hydrogens (tertiary/aromatic N) is 2. The molecular formula is C12H17ClN4O2. The molecule has 0 fully saturated rings. The van der Waals surface area contributed by atoms with Gasteiger partial charge in [0.2, 0.25) is 5.91 Å². The van der Waals surface area contributed by atoms with Gasteiger partial charge in [0.25, 0.3) is 5.91 Å². The molecule has 0 aliphatic heterocycles. The second kappa shape index (κ2) is 7.68. The zero-order valence-corrected chi connectivity index (χ0v) is 11.7. The summed E-state index contributed by atoms with van der Waals surface area (Å²) in [6, 6.07) is 2.96. The minimum Gasteiger partial charge on any atom is -0.356 e. The number of rotatable bonds is 6. The van der Waals surface area contributed by atoms with Crippen LogP contribution in [0.1, 0.15) is 30.8 Å². The zero-order valence-electron chi connectivity index (χ0n) is 10.9. The van der Waals surface area contributed by atoms with Crippen molar-refractivity contribution >= 4 is 23.4 Å². The number of carbonyl (C=O) groups excluding carboxylic acids is 2. The average molecular weight is 285 g/mol. The summed E-state index contributed by atoms with van der Waals surface area (Å²) in [5.74, 6) is -0.0556. The summed E-state index contributed by atoms with van der Waals surface area (Å²) >= 11 is 5.56. The molecule has 2 amide bonds. The van der Waals surface area contributed by atoms with Crippen LogP contribution in [-0.4, -0.2) is 35.1 Å². The normalized spacial score (nSPS) is 10.3. The van der Waals surface area contributed by atoms with Crippen molar-refractivity contribution in [3.8, 4) is 0 Å². The minimum atomic E-state index is -0.374. The standard InChI is InChI=1S/C12H17ClN4O2/c1-8(2)7-15-11(18)5-6-14-12(19)9-3-4-10(13)17-16-9/h3-4,8H,5-7H2,1-2H3,(H,14,19)(H,15,18). The molecule has 0 saturated carbocycles. The smallest absolute Gasteiger partial charge is 0.271 e. The molecule has 104 valence electrons. The lowest BCUT2D eigenvalue weighted by Crippen LogP contribution is -2.32. The van der Waals surface area contributed by atoms with Crippen LogP contribution < -0.4 is 10.6 Å². The monoisotopic (exact) mass is 284 g/mol. The van der Waals surface area contributed by atoms with E-state index in [0.29, 0.717) is 12.5 Å². The fourth-order valence-electron chi connectivity index (χ4n) is 1.22. The third-order valence-electron chi connectivity index (χ3n) is 2.21. The van der Waals surface area contributed by atoms with Crippen LogP contribution in [0.2, 0.25) is 5.15 Å². The van der Waals surface area contributed by atoms with Crippen molar-refractivity contribution in [2.45, 2.75) is 20.3 Å². The molecule has 6 nitrogen and oxygen atoms in total. The van der Waals surface area contributed by atoms with Crippen LogP contribution in [0, 0.1) is 5.92 Å². The Hall–Kier alpha value is -1.69. The number of hydrogen-bond donors (Lipinski definition) is 2. The third-order valence-corrected chi connectivity index (χ3v) is 2.41. The SMILES string of the molecule is CC(C)CNC(=O)CCNC(=O)c1ccc(Cl)nn1. The molecule has 0 aliphatic rings. The third kappa shape index (κ3) is 6.15. The second-order valence-electron chi connectivity index (χ2n) is 4.45. The van der Waals surface area contributed by atoms with Gasteiger partial charge in [0, 0.05) is 19.5 Å². The van der Waals surface area contributed by atoms with Crippen molar-refractivity contribution in [2.75, 3.05) is 13.1 Å². The van der Waals surface area contributed by atoms with Crippen molar-refractivity contribution in [1.82, 2.24) is 20.8 Å². The van der Waals surface area contributed by atoms with E-state index in [9.17, 15) is 9.59 Å². The Bertz CT molecular complexity index is 434. The molecule has 1 heterocycles. The summed E-state index contributed by atoms with van der Waals surface area (Å²) in [4.78, 5) is 23.0. The van der Waals surface area contributed by atoms with E-state index >= 15 is 0 Å². The van der Waals surface area contributed by atoms with Crippen LogP contribution in [0.25, 0.3) is 0 Å². The Labute approximate surface area is 116 Å². The first-order valence-electron chi connectivity index (χ1n) is 6.03. The molecule has 0 saturated heterocycles. The van der Waals surface area contributed by atoms with Crippen LogP contribution in [0.5, 0.6) is 0 Å². The second-order valence-corrected chi connectivity index (χ2v) is 4.83. The molecule has 0 atom stereocenters. The summed E-state index contributed by atoms with van der Waals surface area (Å²) < 4.78 is 0. The van der Waals surface area contributed by atoms with Gasteiger partial charge in [0.15, 0.2) is 10.8 Å². The molecule has 1 rings (SSSR count). The zero-order chi connectivity index (χ0) is 14.3. The summed E-state index contributed by atoms with van der Waals surface area (Å²) in [5.41, 5.74) is 0.173. The van der Waals surface area contributed by atoms with E-state index in [4.69, 9.17) is 11.6 Å². The molecule has 0 radical (unpaired) electrons. The Balaban J connectivity index is 2.27. The van der Waals surface area contributed by atoms with Crippen LogP contribution in [0.3, 0.4) is 0 Å². The molecule has 0 unspecified atom stereocenters. The number of aromatic nitrogens is 2. The molecule has 0 aromatic carbocycles. The lowest BCUT2D eigenvalue weighted by atomic mass is 10.2. The van der Waals surface area contributed by atoms with E-state index in [-0.39, 0.29) is 35.6 Å². The van der Waals surface area contributed by atoms with Gasteiger partial charge in [-0.3, -0.25) is 9.59 Å². The van der Waals surface area contributed by atoms with Crippen LogP contribution in [-0.2, 0) is 4.79 Å². The minimum absolute atomic E-state index is 0.0869. The van der Waals surface area contributed by atoms with Gasteiger partial charge in [-0.2, -0.15) is 0 Å². The van der Waals surface area contributed by atoms with E-state index in [1.54, 1.807) is 0 Å². The number of halogens is 1. The Morgan fingerprint density at radius 1 is 1.26 bits per heavy atom. The van der Waals surface area contributed by atoms with Gasteiger partial charge in [-0.05, 0) is 18.1 Å². The first-order valence-corrected chi connectivity index (χ1v) is 6.41. The predicted molar refractivity (Wildman–Crippen MR) is 71.8 cm³/mol. The molecule has 0 bridgehead atoms. The van der Waals surface area contributed by atoms with Crippen molar-refractivity contribution in [3.63, 3.8) is 0 Å². The summed E-state index contributed by atoms with van der Waals surface area (Å²) in [5, 5.41) is 12.8. The van der Waals surface area contributed by atoms with E-state index in [1.165, 1.54) is 12.1 Å². The molecule has 2 N–H and O–H groups in total. The number of amides is 2. The van der Waals surface area contributed by atoms with Gasteiger partial charge < -0.3 is 10.6 Å². The van der Waals surface area contributed by atoms with Crippen LogP contribution in [0.15, 0.2) is 12.1 Å². The molecule has 1 aromatic rings. The molecule has 19 heavy (non-hydrogen) atoms. The number of carbonyl (C=O) groups is 2. The molecule has 0 spiro atoms. The van der Waals surface area contributed by atoms with Gasteiger partial charge in [-0.15, -0.1) is 10.2 Å². The number of nitrogens with one attached hydrogen (secondary N) is 2. The summed E-state index contributed by atoms with van der Waals surface area (Å²) in [6.45, 7) is 4.92. The first kappa shape index (κ1) is 15.4. The van der Waals surface area contributed by atoms with Crippen LogP contribution >= 0.6 is 11.6 Å². The van der Waals surface area contributed by atoms with Crippen molar-refractivity contribution in [1.29, 1.82) is 0 Å². The first-order chi connectivity index (χ1) is 8.99. The summed E-state index contributed by atoms with van der Waals surface area (Å²) in [6.07, 6.45) is 0.236. The lowest BCUT2D eigenvalue weighted by Gasteiger charge is -2.08. The van der Waals surface area contributed by atoms with E-state index in [1.807, 2.05) is 13.8 Å². The van der Waals surface area contributed by atoms with Crippen molar-refractivity contribution < 1.29 is 9.59 Å². The lowest BCUT2D eigenvalue weighted by molar-refractivity contribution is -0.121. The maximum absolute atomic E-state index is 11.6. The Kier molecular flexibility index (Phi) is 6.21. The van der Waals surface area contributed by atoms with E-state index in [0.717, 1.165) is 0 Å². The highest BCUT2D eigenvalue weighted by atomic mass is 35.5. The molecule has 7 heteroatoms. The Morgan fingerprint density at radius 3 is 2.58 bits per heavy atom. The van der Waals surface area contributed by atoms with E-state index in [2.05, 4.69) is 20.8 Å². The highest BCUT2D eigenvalue weighted by molar-refractivity contribution is 6.29. The maximum atomic E-state index is 11.6. The van der Waals surface area contributed by atoms with Gasteiger partial charge in [-0.25, -0.2) is 0 Å². The Morgan fingerprint density at radius 2 is 2.00 bits per heavy atom. The quantitative estimate of drug-likeness (QED) is 0.817. The maximum Gasteiger partial charge on any atom is 0.271 e. The fourth-order valence-corrected chi connectivity index (χ4v) is 1.32. The molecule has 1 aromatic heterocycles. The molecule has 0 aliphatic carbocycles. The predicted octanol–water partition coefficient (Wildman–Crippen LogP) is 1.02. The fraction of sp³-hybridized carbons (Fsp3) is 0.500. The number of hydrogen-bond acceptors (Lipinski definition) is 4. The topological polar surface area (TPSA) is 84.0 Å². The van der Waals surface area contributed by atoms with Gasteiger partial charge in [0.1, 0.15) is 0 Å². The highest BCUT2D eigenvalue weighted by Gasteiger charge is 2.08. The highest BCUT2D eigenvalue weighted by Crippen LogP contribution is 2.01. The van der Waals surface area contributed by atoms with Crippen molar-refractivity contribution in [3.05, 3.63) is 23.0 Å². The van der Waals surface area contributed by atoms with Gasteiger partial charge >= 0.3 is 0 Å². The average Bonchev–Trinajstić information content (AvgIpc) is 2.37. The van der Waals surface area contributed by atoms with Crippen LogP contribution in [0.4, 0.5) is 0 Å². The largest absolute Gasteiger partial charge is 0.356 e. The van der Waals surface area contributed by atoms with Crippen molar-refractivity contribution in [2.24, 2.45) is 5.92 Å². The summed E-state index contributed by atoms with van der Waals surface area (Å²) in [7, 11) is 0. The van der Waals surface area contributed by atoms with Gasteiger partial charge in [-0.1, -0.05) is 25.4 Å². The molecular weight excluding hydrogens is 268 g/mol.